The van der Waals surface area contributed by atoms with Crippen molar-refractivity contribution in [1.29, 1.82) is 5.26 Å². The van der Waals surface area contributed by atoms with Crippen LogP contribution in [0.4, 0.5) is 0 Å². The molecule has 0 spiro atoms. The van der Waals surface area contributed by atoms with E-state index in [1.165, 1.54) is 0 Å². The van der Waals surface area contributed by atoms with Crippen LogP contribution in [0.1, 0.15) is 47.5 Å². The summed E-state index contributed by atoms with van der Waals surface area (Å²) in [6.45, 7) is 5.39. The van der Waals surface area contributed by atoms with Crippen LogP contribution in [0.25, 0.3) is 11.0 Å². The Morgan fingerprint density at radius 3 is 2.78 bits per heavy atom. The number of benzene rings is 1. The molecule has 3 aromatic rings. The first-order valence-electron chi connectivity index (χ1n) is 8.81. The Kier molecular flexibility index (Phi) is 5.13. The second kappa shape index (κ2) is 7.50. The molecule has 1 aromatic carbocycles. The maximum atomic E-state index is 12.4. The van der Waals surface area contributed by atoms with Gasteiger partial charge >= 0.3 is 0 Å². The lowest BCUT2D eigenvalue weighted by Crippen LogP contribution is -2.27. The summed E-state index contributed by atoms with van der Waals surface area (Å²) in [5, 5.41) is 13.1. The molecule has 0 aliphatic carbocycles. The SMILES string of the molecule is Cc1[nH]c(=O)c(C#N)c(C)c1CCC(=O)N[C@@H](C)c1cc2ccccc2o1. The number of carbonyl (C=O) groups is 1. The van der Waals surface area contributed by atoms with Gasteiger partial charge in [0.2, 0.25) is 5.91 Å². The van der Waals surface area contributed by atoms with Gasteiger partial charge in [0.1, 0.15) is 23.0 Å². The number of nitrogens with zero attached hydrogens (tertiary/aromatic N) is 1. The summed E-state index contributed by atoms with van der Waals surface area (Å²) in [6.07, 6.45) is 0.699. The van der Waals surface area contributed by atoms with Gasteiger partial charge < -0.3 is 14.7 Å². The van der Waals surface area contributed by atoms with Crippen molar-refractivity contribution in [2.45, 2.75) is 39.7 Å². The molecule has 27 heavy (non-hydrogen) atoms. The first kappa shape index (κ1) is 18.5. The number of pyridine rings is 1. The normalized spacial score (nSPS) is 11.9. The molecule has 0 saturated carbocycles. The van der Waals surface area contributed by atoms with Crippen molar-refractivity contribution in [1.82, 2.24) is 10.3 Å². The summed E-state index contributed by atoms with van der Waals surface area (Å²) in [5.41, 5.74) is 2.66. The molecule has 0 unspecified atom stereocenters. The molecular formula is C21H21N3O3. The van der Waals surface area contributed by atoms with Crippen LogP contribution in [-0.2, 0) is 11.2 Å². The fourth-order valence-electron chi connectivity index (χ4n) is 3.26. The van der Waals surface area contributed by atoms with E-state index in [9.17, 15) is 9.59 Å². The minimum absolute atomic E-state index is 0.103. The van der Waals surface area contributed by atoms with Crippen LogP contribution < -0.4 is 10.9 Å². The summed E-state index contributed by atoms with van der Waals surface area (Å²) < 4.78 is 5.78. The number of nitriles is 1. The summed E-state index contributed by atoms with van der Waals surface area (Å²) >= 11 is 0. The molecule has 2 heterocycles. The number of aromatic nitrogens is 1. The van der Waals surface area contributed by atoms with Gasteiger partial charge in [-0.05, 0) is 50.5 Å². The number of nitrogens with one attached hydrogen (secondary N) is 2. The van der Waals surface area contributed by atoms with Crippen LogP contribution in [0.15, 0.2) is 39.5 Å². The van der Waals surface area contributed by atoms with Crippen molar-refractivity contribution in [3.63, 3.8) is 0 Å². The van der Waals surface area contributed by atoms with Gasteiger partial charge in [-0.15, -0.1) is 0 Å². The Morgan fingerprint density at radius 2 is 2.07 bits per heavy atom. The van der Waals surface area contributed by atoms with Gasteiger partial charge in [0.05, 0.1) is 6.04 Å². The molecule has 1 atom stereocenters. The predicted octanol–water partition coefficient (Wildman–Crippen LogP) is 3.42. The molecule has 6 heteroatoms. The molecule has 3 rings (SSSR count). The van der Waals surface area contributed by atoms with Gasteiger partial charge in [-0.25, -0.2) is 0 Å². The number of H-pyrrole nitrogens is 1. The topological polar surface area (TPSA) is 98.9 Å². The number of hydrogen-bond donors (Lipinski definition) is 2. The number of aromatic amines is 1. The quantitative estimate of drug-likeness (QED) is 0.725. The fourth-order valence-corrected chi connectivity index (χ4v) is 3.26. The van der Waals surface area contributed by atoms with E-state index in [4.69, 9.17) is 9.68 Å². The highest BCUT2D eigenvalue weighted by Crippen LogP contribution is 2.23. The Balaban J connectivity index is 1.68. The van der Waals surface area contributed by atoms with Crippen molar-refractivity contribution in [3.8, 4) is 6.07 Å². The van der Waals surface area contributed by atoms with Crippen LogP contribution in [0.5, 0.6) is 0 Å². The minimum atomic E-state index is -0.390. The maximum absolute atomic E-state index is 12.4. The molecule has 0 bridgehead atoms. The molecule has 6 nitrogen and oxygen atoms in total. The zero-order valence-corrected chi connectivity index (χ0v) is 15.6. The van der Waals surface area contributed by atoms with Crippen molar-refractivity contribution in [2.24, 2.45) is 0 Å². The molecule has 1 amide bonds. The lowest BCUT2D eigenvalue weighted by molar-refractivity contribution is -0.121. The highest BCUT2D eigenvalue weighted by Gasteiger charge is 2.16. The van der Waals surface area contributed by atoms with Crippen molar-refractivity contribution < 1.29 is 9.21 Å². The molecule has 2 N–H and O–H groups in total. The molecule has 2 aromatic heterocycles. The van der Waals surface area contributed by atoms with Crippen LogP contribution in [0.3, 0.4) is 0 Å². The number of furan rings is 1. The number of carbonyl (C=O) groups excluding carboxylic acids is 1. The summed E-state index contributed by atoms with van der Waals surface area (Å²) in [4.78, 5) is 26.8. The molecule has 0 aliphatic heterocycles. The number of amides is 1. The van der Waals surface area contributed by atoms with Gasteiger partial charge in [0, 0.05) is 17.5 Å². The predicted molar refractivity (Wildman–Crippen MR) is 102 cm³/mol. The molecule has 0 radical (unpaired) electrons. The van der Waals surface area contributed by atoms with E-state index < -0.39 is 0 Å². The number of hydrogen-bond acceptors (Lipinski definition) is 4. The van der Waals surface area contributed by atoms with Gasteiger partial charge in [-0.2, -0.15) is 5.26 Å². The molecule has 138 valence electrons. The van der Waals surface area contributed by atoms with Crippen LogP contribution in [0.2, 0.25) is 0 Å². The Hall–Kier alpha value is -3.33. The summed E-state index contributed by atoms with van der Waals surface area (Å²) in [6, 6.07) is 11.3. The minimum Gasteiger partial charge on any atom is -0.459 e. The number of para-hydroxylation sites is 1. The molecule has 0 aliphatic rings. The lowest BCUT2D eigenvalue weighted by atomic mass is 9.99. The monoisotopic (exact) mass is 363 g/mol. The first-order chi connectivity index (χ1) is 12.9. The number of rotatable bonds is 5. The first-order valence-corrected chi connectivity index (χ1v) is 8.81. The van der Waals surface area contributed by atoms with E-state index in [2.05, 4.69) is 10.3 Å². The van der Waals surface area contributed by atoms with Crippen LogP contribution in [0, 0.1) is 25.2 Å². The fraction of sp³-hybridized carbons (Fsp3) is 0.286. The highest BCUT2D eigenvalue weighted by molar-refractivity contribution is 5.79. The Bertz CT molecular complexity index is 1070. The highest BCUT2D eigenvalue weighted by atomic mass is 16.3. The zero-order valence-electron chi connectivity index (χ0n) is 15.6. The number of fused-ring (bicyclic) bond motifs is 1. The van der Waals surface area contributed by atoms with E-state index in [0.29, 0.717) is 23.4 Å². The van der Waals surface area contributed by atoms with Gasteiger partial charge in [0.15, 0.2) is 0 Å². The van der Waals surface area contributed by atoms with Crippen LogP contribution in [-0.4, -0.2) is 10.9 Å². The third kappa shape index (κ3) is 3.77. The Labute approximate surface area is 156 Å². The van der Waals surface area contributed by atoms with E-state index in [1.807, 2.05) is 43.3 Å². The van der Waals surface area contributed by atoms with Gasteiger partial charge in [0.25, 0.3) is 5.56 Å². The van der Waals surface area contributed by atoms with Gasteiger partial charge in [-0.3, -0.25) is 9.59 Å². The van der Waals surface area contributed by atoms with E-state index in [-0.39, 0.29) is 29.5 Å². The largest absolute Gasteiger partial charge is 0.459 e. The molecular weight excluding hydrogens is 342 g/mol. The lowest BCUT2D eigenvalue weighted by Gasteiger charge is -2.13. The summed E-state index contributed by atoms with van der Waals surface area (Å²) in [5.74, 6) is 0.583. The van der Waals surface area contributed by atoms with Crippen molar-refractivity contribution >= 4 is 16.9 Å². The van der Waals surface area contributed by atoms with Crippen molar-refractivity contribution in [3.05, 3.63) is 68.8 Å². The second-order valence-corrected chi connectivity index (χ2v) is 6.65. The van der Waals surface area contributed by atoms with Gasteiger partial charge in [-0.1, -0.05) is 18.2 Å². The smallest absolute Gasteiger partial charge is 0.266 e. The Morgan fingerprint density at radius 1 is 1.33 bits per heavy atom. The van der Waals surface area contributed by atoms with E-state index in [1.54, 1.807) is 13.8 Å². The molecule has 0 fully saturated rings. The van der Waals surface area contributed by atoms with Crippen LogP contribution >= 0.6 is 0 Å². The average Bonchev–Trinajstić information content (AvgIpc) is 3.06. The van der Waals surface area contributed by atoms with Crippen molar-refractivity contribution in [2.75, 3.05) is 0 Å². The standard InChI is InChI=1S/C21H21N3O3/c1-12-16(13(2)24-21(26)17(12)11-22)8-9-20(25)23-14(3)19-10-15-6-4-5-7-18(15)27-19/h4-7,10,14H,8-9H2,1-3H3,(H,23,25)(H,24,26)/t14-/m0/s1. The molecule has 0 saturated heterocycles. The second-order valence-electron chi connectivity index (χ2n) is 6.65. The third-order valence-electron chi connectivity index (χ3n) is 4.77. The number of aryl methyl sites for hydroxylation is 1. The third-order valence-corrected chi connectivity index (χ3v) is 4.77. The zero-order chi connectivity index (χ0) is 19.6. The van der Waals surface area contributed by atoms with E-state index in [0.717, 1.165) is 16.5 Å². The average molecular weight is 363 g/mol. The van der Waals surface area contributed by atoms with E-state index >= 15 is 0 Å². The summed E-state index contributed by atoms with van der Waals surface area (Å²) in [7, 11) is 0. The maximum Gasteiger partial charge on any atom is 0.266 e.